The fourth-order valence-corrected chi connectivity index (χ4v) is 1.78. The molecule has 1 heterocycles. The van der Waals surface area contributed by atoms with E-state index in [9.17, 15) is 4.79 Å². The summed E-state index contributed by atoms with van der Waals surface area (Å²) in [6.07, 6.45) is 1.69. The van der Waals surface area contributed by atoms with Crippen molar-refractivity contribution in [3.63, 3.8) is 0 Å². The molecule has 1 aromatic carbocycles. The second kappa shape index (κ2) is 3.81. The fraction of sp³-hybridized carbons (Fsp3) is 0.167. The Bertz CT molecular complexity index is 564. The van der Waals surface area contributed by atoms with Crippen LogP contribution in [0, 0.1) is 6.92 Å². The third-order valence-electron chi connectivity index (χ3n) is 2.55. The first kappa shape index (κ1) is 10.4. The van der Waals surface area contributed by atoms with Gasteiger partial charge in [0.1, 0.15) is 11.3 Å². The van der Waals surface area contributed by atoms with Gasteiger partial charge in [0.25, 0.3) is 0 Å². The molecular weight excluding hydrogens is 204 g/mol. The molecule has 1 amide bonds. The second-order valence-corrected chi connectivity index (χ2v) is 3.53. The molecule has 82 valence electrons. The molecule has 0 saturated heterocycles. The number of ether oxygens (including phenoxy) is 1. The van der Waals surface area contributed by atoms with Crippen molar-refractivity contribution in [1.29, 1.82) is 0 Å². The average molecular weight is 216 g/mol. The minimum Gasteiger partial charge on any atom is -0.494 e. The third-order valence-corrected chi connectivity index (χ3v) is 2.55. The van der Waals surface area contributed by atoms with Crippen molar-refractivity contribution in [3.05, 3.63) is 35.5 Å². The van der Waals surface area contributed by atoms with Crippen molar-refractivity contribution in [2.45, 2.75) is 6.92 Å². The monoisotopic (exact) mass is 216 g/mol. The first-order valence-electron chi connectivity index (χ1n) is 4.87. The molecule has 0 unspecified atom stereocenters. The number of aromatic nitrogens is 1. The summed E-state index contributed by atoms with van der Waals surface area (Å²) in [5, 5.41) is 0.759. The summed E-state index contributed by atoms with van der Waals surface area (Å²) in [6, 6.07) is 5.21. The van der Waals surface area contributed by atoms with E-state index in [2.05, 4.69) is 4.98 Å². The van der Waals surface area contributed by atoms with Crippen LogP contribution >= 0.6 is 0 Å². The SMILES string of the molecule is COc1ccc(C(N)=O)c2c(C)ccnc12. The maximum atomic E-state index is 11.3. The number of methoxy groups -OCH3 is 1. The Hall–Kier alpha value is -2.10. The number of fused-ring (bicyclic) bond motifs is 1. The number of hydrogen-bond donors (Lipinski definition) is 1. The topological polar surface area (TPSA) is 65.2 Å². The number of amides is 1. The zero-order chi connectivity index (χ0) is 11.7. The highest BCUT2D eigenvalue weighted by molar-refractivity contribution is 6.08. The highest BCUT2D eigenvalue weighted by Crippen LogP contribution is 2.28. The minimum absolute atomic E-state index is 0.455. The summed E-state index contributed by atoms with van der Waals surface area (Å²) in [5.41, 5.74) is 7.43. The Morgan fingerprint density at radius 2 is 2.12 bits per heavy atom. The molecule has 0 atom stereocenters. The van der Waals surface area contributed by atoms with E-state index in [1.54, 1.807) is 25.4 Å². The first-order valence-corrected chi connectivity index (χ1v) is 4.87. The predicted octanol–water partition coefficient (Wildman–Crippen LogP) is 1.65. The van der Waals surface area contributed by atoms with Gasteiger partial charge < -0.3 is 10.5 Å². The van der Waals surface area contributed by atoms with Crippen LogP contribution < -0.4 is 10.5 Å². The highest BCUT2D eigenvalue weighted by atomic mass is 16.5. The predicted molar refractivity (Wildman–Crippen MR) is 61.5 cm³/mol. The van der Waals surface area contributed by atoms with Gasteiger partial charge in [-0.2, -0.15) is 0 Å². The molecular formula is C12H12N2O2. The molecule has 0 fully saturated rings. The van der Waals surface area contributed by atoms with E-state index in [0.717, 1.165) is 10.9 Å². The van der Waals surface area contributed by atoms with Gasteiger partial charge in [0.15, 0.2) is 0 Å². The lowest BCUT2D eigenvalue weighted by molar-refractivity contribution is 0.100. The van der Waals surface area contributed by atoms with Gasteiger partial charge in [0.05, 0.1) is 7.11 Å². The second-order valence-electron chi connectivity index (χ2n) is 3.53. The molecule has 4 nitrogen and oxygen atoms in total. The van der Waals surface area contributed by atoms with Gasteiger partial charge in [0, 0.05) is 17.1 Å². The molecule has 4 heteroatoms. The van der Waals surface area contributed by atoms with Gasteiger partial charge in [0.2, 0.25) is 5.91 Å². The molecule has 0 saturated carbocycles. The van der Waals surface area contributed by atoms with Crippen molar-refractivity contribution in [1.82, 2.24) is 4.98 Å². The molecule has 0 radical (unpaired) electrons. The van der Waals surface area contributed by atoms with Crippen molar-refractivity contribution in [2.75, 3.05) is 7.11 Å². The van der Waals surface area contributed by atoms with Crippen molar-refractivity contribution >= 4 is 16.8 Å². The number of carbonyl (C=O) groups is 1. The van der Waals surface area contributed by atoms with E-state index >= 15 is 0 Å². The van der Waals surface area contributed by atoms with Gasteiger partial charge in [-0.1, -0.05) is 0 Å². The lowest BCUT2D eigenvalue weighted by Crippen LogP contribution is -2.12. The molecule has 0 spiro atoms. The van der Waals surface area contributed by atoms with Crippen molar-refractivity contribution in [2.24, 2.45) is 5.73 Å². The zero-order valence-corrected chi connectivity index (χ0v) is 9.15. The van der Waals surface area contributed by atoms with Gasteiger partial charge in [-0.25, -0.2) is 0 Å². The van der Waals surface area contributed by atoms with E-state index in [-0.39, 0.29) is 0 Å². The zero-order valence-electron chi connectivity index (χ0n) is 9.15. The Kier molecular flexibility index (Phi) is 2.48. The normalized spacial score (nSPS) is 10.4. The van der Waals surface area contributed by atoms with E-state index in [1.165, 1.54) is 0 Å². The number of carbonyl (C=O) groups excluding carboxylic acids is 1. The third kappa shape index (κ3) is 1.48. The summed E-state index contributed by atoms with van der Waals surface area (Å²) in [7, 11) is 1.57. The number of primary amides is 1. The number of benzene rings is 1. The molecule has 1 aromatic heterocycles. The number of nitrogens with two attached hydrogens (primary N) is 1. The fourth-order valence-electron chi connectivity index (χ4n) is 1.78. The minimum atomic E-state index is -0.455. The van der Waals surface area contributed by atoms with E-state index in [0.29, 0.717) is 16.8 Å². The van der Waals surface area contributed by atoms with Crippen molar-refractivity contribution in [3.8, 4) is 5.75 Å². The largest absolute Gasteiger partial charge is 0.494 e. The van der Waals surface area contributed by atoms with Gasteiger partial charge in [-0.3, -0.25) is 9.78 Å². The van der Waals surface area contributed by atoms with E-state index < -0.39 is 5.91 Å². The molecule has 0 bridgehead atoms. The summed E-state index contributed by atoms with van der Waals surface area (Å²) >= 11 is 0. The van der Waals surface area contributed by atoms with Crippen LogP contribution in [0.2, 0.25) is 0 Å². The van der Waals surface area contributed by atoms with Crippen LogP contribution in [0.25, 0.3) is 10.9 Å². The maximum absolute atomic E-state index is 11.3. The van der Waals surface area contributed by atoms with Gasteiger partial charge >= 0.3 is 0 Å². The van der Waals surface area contributed by atoms with E-state index in [1.807, 2.05) is 13.0 Å². The Morgan fingerprint density at radius 3 is 2.75 bits per heavy atom. The van der Waals surface area contributed by atoms with Gasteiger partial charge in [-0.15, -0.1) is 0 Å². The summed E-state index contributed by atoms with van der Waals surface area (Å²) in [5.74, 6) is 0.187. The number of nitrogens with zero attached hydrogens (tertiary/aromatic N) is 1. The number of aryl methyl sites for hydroxylation is 1. The standard InChI is InChI=1S/C12H12N2O2/c1-7-5-6-14-11-9(16-2)4-3-8(10(7)11)12(13)15/h3-6H,1-2H3,(H2,13,15). The quantitative estimate of drug-likeness (QED) is 0.830. The Balaban J connectivity index is 2.92. The molecule has 2 N–H and O–H groups in total. The molecule has 2 rings (SSSR count). The summed E-state index contributed by atoms with van der Waals surface area (Å²) in [6.45, 7) is 1.91. The maximum Gasteiger partial charge on any atom is 0.249 e. The summed E-state index contributed by atoms with van der Waals surface area (Å²) in [4.78, 5) is 15.5. The average Bonchev–Trinajstić information content (AvgIpc) is 2.28. The smallest absolute Gasteiger partial charge is 0.249 e. The summed E-state index contributed by atoms with van der Waals surface area (Å²) < 4.78 is 5.20. The van der Waals surface area contributed by atoms with Gasteiger partial charge in [-0.05, 0) is 30.7 Å². The molecule has 16 heavy (non-hydrogen) atoms. The molecule has 0 aliphatic heterocycles. The number of pyridine rings is 1. The van der Waals surface area contributed by atoms with Crippen molar-refractivity contribution < 1.29 is 9.53 Å². The lowest BCUT2D eigenvalue weighted by atomic mass is 10.0. The van der Waals surface area contributed by atoms with E-state index in [4.69, 9.17) is 10.5 Å². The van der Waals surface area contributed by atoms with Crippen LogP contribution in [-0.2, 0) is 0 Å². The Labute approximate surface area is 93.0 Å². The number of rotatable bonds is 2. The van der Waals surface area contributed by atoms with Crippen LogP contribution in [0.5, 0.6) is 5.75 Å². The molecule has 0 aliphatic rings. The highest BCUT2D eigenvalue weighted by Gasteiger charge is 2.12. The van der Waals surface area contributed by atoms with Crippen LogP contribution in [0.3, 0.4) is 0 Å². The van der Waals surface area contributed by atoms with Crippen LogP contribution in [0.4, 0.5) is 0 Å². The number of hydrogen-bond acceptors (Lipinski definition) is 3. The molecule has 0 aliphatic carbocycles. The van der Waals surface area contributed by atoms with Crippen LogP contribution in [0.15, 0.2) is 24.4 Å². The molecule has 2 aromatic rings. The first-order chi connectivity index (χ1) is 7.65. The Morgan fingerprint density at radius 1 is 1.38 bits per heavy atom. The van der Waals surface area contributed by atoms with Crippen LogP contribution in [-0.4, -0.2) is 18.0 Å². The van der Waals surface area contributed by atoms with Crippen LogP contribution in [0.1, 0.15) is 15.9 Å². The lowest BCUT2D eigenvalue weighted by Gasteiger charge is -2.09.